The number of methoxy groups -OCH3 is 1. The fourth-order valence-corrected chi connectivity index (χ4v) is 3.31. The molecule has 1 saturated heterocycles. The molecule has 0 aliphatic carbocycles. The van der Waals surface area contributed by atoms with E-state index in [0.717, 1.165) is 12.0 Å². The lowest BCUT2D eigenvalue weighted by Crippen LogP contribution is -2.42. The number of aliphatic hydroxyl groups excluding tert-OH is 1. The summed E-state index contributed by atoms with van der Waals surface area (Å²) in [6, 6.07) is 5.24. The second-order valence-electron chi connectivity index (χ2n) is 6.26. The third kappa shape index (κ3) is 3.97. The summed E-state index contributed by atoms with van der Waals surface area (Å²) in [4.78, 5) is 20.1. The molecular weight excluding hydrogens is 372 g/mol. The SMILES string of the molecule is [2H]N1CCC[C@@]1(CO)c1ncc(C(=O)O)c(NCc2ccc(OC)c(Cl)c2)n1. The van der Waals surface area contributed by atoms with E-state index in [9.17, 15) is 15.0 Å². The van der Waals surface area contributed by atoms with Crippen molar-refractivity contribution < 1.29 is 21.2 Å². The van der Waals surface area contributed by atoms with Gasteiger partial charge in [0.15, 0.2) is 5.82 Å². The minimum absolute atomic E-state index is 0.0917. The molecule has 0 spiro atoms. The van der Waals surface area contributed by atoms with Gasteiger partial charge in [-0.2, -0.15) is 0 Å². The number of hydrogen-bond donors (Lipinski definition) is 4. The molecule has 8 nitrogen and oxygen atoms in total. The van der Waals surface area contributed by atoms with E-state index in [2.05, 4.69) is 15.3 Å². The maximum absolute atomic E-state index is 11.6. The van der Waals surface area contributed by atoms with Gasteiger partial charge in [-0.05, 0) is 37.1 Å². The Bertz CT molecular complexity index is 885. The molecule has 0 saturated carbocycles. The van der Waals surface area contributed by atoms with Crippen LogP contribution in [0.2, 0.25) is 6.43 Å². The van der Waals surface area contributed by atoms with Crippen LogP contribution in [-0.4, -0.2) is 46.4 Å². The Kier molecular flexibility index (Phi) is 5.38. The molecule has 1 fully saturated rings. The van der Waals surface area contributed by atoms with E-state index in [4.69, 9.17) is 17.7 Å². The highest BCUT2D eigenvalue weighted by Crippen LogP contribution is 2.30. The number of anilines is 1. The largest absolute Gasteiger partial charge is 0.495 e. The number of benzene rings is 1. The molecule has 1 aliphatic heterocycles. The second kappa shape index (κ2) is 8.08. The predicted octanol–water partition coefficient (Wildman–Crippen LogP) is 2.02. The van der Waals surface area contributed by atoms with Crippen molar-refractivity contribution in [2.24, 2.45) is 0 Å². The molecule has 4 N–H and O–H groups in total. The van der Waals surface area contributed by atoms with Crippen molar-refractivity contribution in [1.29, 1.82) is 0 Å². The molecule has 9 heteroatoms. The smallest absolute Gasteiger partial charge is 0.341 e. The van der Waals surface area contributed by atoms with Gasteiger partial charge in [0.05, 0.1) is 18.7 Å². The van der Waals surface area contributed by atoms with Gasteiger partial charge >= 0.3 is 5.97 Å². The number of halogens is 1. The van der Waals surface area contributed by atoms with Crippen LogP contribution in [0.5, 0.6) is 5.75 Å². The van der Waals surface area contributed by atoms with Gasteiger partial charge in [0.2, 0.25) is 0 Å². The first-order valence-corrected chi connectivity index (χ1v) is 8.83. The Balaban J connectivity index is 1.90. The number of nitrogens with one attached hydrogen (secondary N) is 2. The number of hydrogen-bond acceptors (Lipinski definition) is 7. The molecule has 1 aromatic carbocycles. The minimum atomic E-state index is -1.17. The first-order valence-electron chi connectivity index (χ1n) is 8.90. The number of carbonyl (C=O) groups is 1. The van der Waals surface area contributed by atoms with Gasteiger partial charge in [-0.15, -0.1) is 0 Å². The number of aliphatic hydroxyl groups is 1. The summed E-state index contributed by atoms with van der Waals surface area (Å²) >= 11 is 6.13. The summed E-state index contributed by atoms with van der Waals surface area (Å²) in [5.74, 6) is -0.281. The lowest BCUT2D eigenvalue weighted by atomic mass is 9.97. The number of aromatic carboxylic acids is 1. The summed E-state index contributed by atoms with van der Waals surface area (Å²) in [6.07, 6.45) is 2.45. The Labute approximate surface area is 163 Å². The van der Waals surface area contributed by atoms with Crippen LogP contribution in [0.1, 0.15) is 34.6 Å². The van der Waals surface area contributed by atoms with Crippen molar-refractivity contribution >= 4 is 23.4 Å². The molecule has 2 aromatic rings. The highest BCUT2D eigenvalue weighted by Gasteiger charge is 2.38. The number of aromatic nitrogens is 2. The lowest BCUT2D eigenvalue weighted by Gasteiger charge is -2.26. The molecule has 0 unspecified atom stereocenters. The van der Waals surface area contributed by atoms with E-state index in [-0.39, 0.29) is 30.4 Å². The quantitative estimate of drug-likeness (QED) is 0.564. The van der Waals surface area contributed by atoms with E-state index in [0.29, 0.717) is 23.7 Å². The molecule has 0 bridgehead atoms. The first-order chi connectivity index (χ1) is 13.4. The average Bonchev–Trinajstić information content (AvgIpc) is 3.07. The summed E-state index contributed by atoms with van der Waals surface area (Å²) in [5, 5.41) is 24.0. The second-order valence-corrected chi connectivity index (χ2v) is 6.67. The van der Waals surface area contributed by atoms with Crippen molar-refractivity contribution in [1.82, 2.24) is 15.3 Å². The summed E-state index contributed by atoms with van der Waals surface area (Å²) < 4.78 is 13.2. The third-order valence-electron chi connectivity index (χ3n) is 4.54. The minimum Gasteiger partial charge on any atom is -0.495 e. The van der Waals surface area contributed by atoms with E-state index in [1.807, 2.05) is 0 Å². The fourth-order valence-electron chi connectivity index (χ4n) is 3.03. The van der Waals surface area contributed by atoms with Crippen molar-refractivity contribution in [2.45, 2.75) is 24.9 Å². The summed E-state index contributed by atoms with van der Waals surface area (Å²) in [7, 11) is 1.52. The molecule has 1 atom stereocenters. The molecular formula is C18H21ClN4O4. The van der Waals surface area contributed by atoms with Gasteiger partial charge < -0.3 is 25.6 Å². The lowest BCUT2D eigenvalue weighted by molar-refractivity contribution is 0.0696. The molecule has 2 heterocycles. The standard InChI is InChI=1S/C18H21ClN4O4/c1-27-14-4-3-11(7-13(14)19)8-20-15-12(16(25)26)9-21-17(23-15)18(10-24)5-2-6-22-18/h3-4,7,9,22,24H,2,5-6,8,10H2,1H3,(H,25,26)(H,20,21,23)/t18-/m1/s1/i/hD. The number of nitrogens with zero attached hydrogens (tertiary/aromatic N) is 2. The fraction of sp³-hybridized carbons (Fsp3) is 0.389. The number of ether oxygens (including phenoxy) is 1. The highest BCUT2D eigenvalue weighted by atomic mass is 35.5. The normalized spacial score (nSPS) is 20.3. The zero-order valence-corrected chi connectivity index (χ0v) is 15.5. The van der Waals surface area contributed by atoms with E-state index in [1.54, 1.807) is 18.2 Å². The summed E-state index contributed by atoms with van der Waals surface area (Å²) in [6.45, 7) is 0.436. The molecule has 1 aliphatic rings. The zero-order chi connectivity index (χ0) is 20.3. The summed E-state index contributed by atoms with van der Waals surface area (Å²) in [5.41, 5.74) is -0.315. The number of rotatable bonds is 7. The highest BCUT2D eigenvalue weighted by molar-refractivity contribution is 6.32. The average molecular weight is 394 g/mol. The molecule has 27 heavy (non-hydrogen) atoms. The van der Waals surface area contributed by atoms with Crippen molar-refractivity contribution in [3.8, 4) is 5.75 Å². The molecule has 0 radical (unpaired) electrons. The van der Waals surface area contributed by atoms with Crippen LogP contribution in [-0.2, 0) is 12.1 Å². The third-order valence-corrected chi connectivity index (χ3v) is 4.83. The maximum Gasteiger partial charge on any atom is 0.341 e. The van der Waals surface area contributed by atoms with E-state index >= 15 is 0 Å². The first kappa shape index (κ1) is 18.0. The van der Waals surface area contributed by atoms with Crippen molar-refractivity contribution in [2.75, 3.05) is 25.6 Å². The predicted molar refractivity (Wildman–Crippen MR) is 100 cm³/mol. The topological polar surface area (TPSA) is 117 Å². The van der Waals surface area contributed by atoms with Gasteiger partial charge in [0.1, 0.15) is 24.1 Å². The van der Waals surface area contributed by atoms with Gasteiger partial charge in [0, 0.05) is 12.7 Å². The maximum atomic E-state index is 11.6. The number of carboxylic acids is 1. The van der Waals surface area contributed by atoms with E-state index in [1.165, 1.54) is 18.6 Å². The van der Waals surface area contributed by atoms with Crippen molar-refractivity contribution in [3.63, 3.8) is 0 Å². The van der Waals surface area contributed by atoms with Crippen LogP contribution in [0.25, 0.3) is 0 Å². The van der Waals surface area contributed by atoms with Crippen LogP contribution in [0.4, 0.5) is 5.82 Å². The molecule has 1 aromatic heterocycles. The Hall–Kier alpha value is -2.42. The molecule has 144 valence electrons. The van der Waals surface area contributed by atoms with Crippen LogP contribution in [0.15, 0.2) is 24.4 Å². The van der Waals surface area contributed by atoms with Crippen LogP contribution >= 0.6 is 11.6 Å². The van der Waals surface area contributed by atoms with Gasteiger partial charge in [-0.1, -0.05) is 17.7 Å². The number of carboxylic acid groups (broad SMARTS) is 1. The Morgan fingerprint density at radius 2 is 2.37 bits per heavy atom. The Morgan fingerprint density at radius 1 is 1.56 bits per heavy atom. The molecule has 3 rings (SSSR count). The van der Waals surface area contributed by atoms with E-state index < -0.39 is 11.5 Å². The Morgan fingerprint density at radius 3 is 2.96 bits per heavy atom. The van der Waals surface area contributed by atoms with Crippen LogP contribution < -0.4 is 15.4 Å². The zero-order valence-electron chi connectivity index (χ0n) is 15.8. The van der Waals surface area contributed by atoms with Crippen LogP contribution in [0, 0.1) is 0 Å². The van der Waals surface area contributed by atoms with Crippen LogP contribution in [0.3, 0.4) is 0 Å². The van der Waals surface area contributed by atoms with Gasteiger partial charge in [-0.25, -0.2) is 14.8 Å². The monoisotopic (exact) mass is 393 g/mol. The molecule has 0 amide bonds. The van der Waals surface area contributed by atoms with Crippen molar-refractivity contribution in [3.05, 3.63) is 46.4 Å². The van der Waals surface area contributed by atoms with Gasteiger partial charge in [0.25, 0.3) is 0 Å². The van der Waals surface area contributed by atoms with Gasteiger partial charge in [-0.3, -0.25) is 0 Å².